The van der Waals surface area contributed by atoms with Crippen LogP contribution in [0, 0.1) is 6.92 Å². The Labute approximate surface area is 213 Å². The highest BCUT2D eigenvalue weighted by Gasteiger charge is 2.35. The van der Waals surface area contributed by atoms with Crippen LogP contribution in [-0.4, -0.2) is 21.3 Å². The van der Waals surface area contributed by atoms with Crippen LogP contribution >= 0.6 is 11.6 Å². The number of imide groups is 1. The number of ether oxygens (including phenoxy) is 1. The van der Waals surface area contributed by atoms with E-state index in [0.717, 1.165) is 22.4 Å². The first-order valence-electron chi connectivity index (χ1n) is 11.5. The summed E-state index contributed by atoms with van der Waals surface area (Å²) in [7, 11) is 0. The molecule has 0 N–H and O–H groups in total. The molecule has 2 heterocycles. The molecule has 1 aliphatic heterocycles. The van der Waals surface area contributed by atoms with Crippen molar-refractivity contribution in [3.63, 3.8) is 0 Å². The molecule has 0 bridgehead atoms. The lowest BCUT2D eigenvalue weighted by Gasteiger charge is -2.18. The van der Waals surface area contributed by atoms with E-state index in [2.05, 4.69) is 0 Å². The monoisotopic (exact) mass is 498 g/mol. The molecule has 0 radical (unpaired) electrons. The van der Waals surface area contributed by atoms with Crippen molar-refractivity contribution in [1.82, 2.24) is 9.47 Å². The number of halogens is 1. The van der Waals surface area contributed by atoms with Crippen molar-refractivity contribution in [3.8, 4) is 5.75 Å². The van der Waals surface area contributed by atoms with E-state index in [1.807, 2.05) is 61.5 Å². The number of pyridine rings is 1. The average Bonchev–Trinajstić information content (AvgIpc) is 3.14. The number of carbonyl (C=O) groups excluding carboxylic acids is 2. The number of benzene rings is 3. The Morgan fingerprint density at radius 2 is 1.33 bits per heavy atom. The molecule has 4 aromatic rings. The molecule has 0 unspecified atom stereocenters. The predicted molar refractivity (Wildman–Crippen MR) is 137 cm³/mol. The van der Waals surface area contributed by atoms with Gasteiger partial charge in [-0.2, -0.15) is 0 Å². The number of hydrogen-bond acceptors (Lipinski definition) is 4. The molecule has 0 aliphatic carbocycles. The minimum atomic E-state index is -0.324. The van der Waals surface area contributed by atoms with E-state index in [1.165, 1.54) is 4.90 Å². The quantitative estimate of drug-likeness (QED) is 0.327. The van der Waals surface area contributed by atoms with Crippen LogP contribution < -0.4 is 10.3 Å². The molecule has 0 atom stereocenters. The average molecular weight is 499 g/mol. The Kier molecular flexibility index (Phi) is 6.44. The number of hydrogen-bond donors (Lipinski definition) is 0. The largest absolute Gasteiger partial charge is 0.487 e. The van der Waals surface area contributed by atoms with Crippen molar-refractivity contribution in [1.29, 1.82) is 0 Å². The summed E-state index contributed by atoms with van der Waals surface area (Å²) in [5.74, 6) is -0.335. The third-order valence-corrected chi connectivity index (χ3v) is 6.65. The van der Waals surface area contributed by atoms with Gasteiger partial charge in [-0.25, -0.2) is 0 Å². The molecule has 3 aromatic carbocycles. The van der Waals surface area contributed by atoms with Crippen molar-refractivity contribution in [3.05, 3.63) is 134 Å². The summed E-state index contributed by atoms with van der Waals surface area (Å²) >= 11 is 6.41. The first kappa shape index (κ1) is 23.6. The number of aromatic nitrogens is 1. The van der Waals surface area contributed by atoms with Crippen molar-refractivity contribution >= 4 is 23.4 Å². The van der Waals surface area contributed by atoms with Crippen LogP contribution in [0.5, 0.6) is 5.75 Å². The summed E-state index contributed by atoms with van der Waals surface area (Å²) in [4.78, 5) is 39.8. The number of fused-ring (bicyclic) bond motifs is 1. The zero-order valence-electron chi connectivity index (χ0n) is 19.6. The molecule has 2 amide bonds. The molecule has 0 saturated heterocycles. The number of aryl methyl sites for hydroxylation is 1. The van der Waals surface area contributed by atoms with E-state index < -0.39 is 0 Å². The van der Waals surface area contributed by atoms with Gasteiger partial charge in [-0.15, -0.1) is 0 Å². The molecule has 6 nitrogen and oxygen atoms in total. The predicted octanol–water partition coefficient (Wildman–Crippen LogP) is 5.23. The third-order valence-electron chi connectivity index (χ3n) is 6.31. The van der Waals surface area contributed by atoms with Gasteiger partial charge in [0.05, 0.1) is 24.2 Å². The summed E-state index contributed by atoms with van der Waals surface area (Å²) in [6, 6.07) is 25.7. The normalized spacial score (nSPS) is 12.7. The topological polar surface area (TPSA) is 68.6 Å². The van der Waals surface area contributed by atoms with Gasteiger partial charge in [0.1, 0.15) is 17.4 Å². The lowest BCUT2D eigenvalue weighted by molar-refractivity contribution is 0.0641. The maximum Gasteiger partial charge on any atom is 0.273 e. The van der Waals surface area contributed by atoms with E-state index in [1.54, 1.807) is 34.9 Å². The number of amides is 2. The first-order valence-corrected chi connectivity index (χ1v) is 11.9. The molecular weight excluding hydrogens is 476 g/mol. The van der Waals surface area contributed by atoms with Crippen molar-refractivity contribution in [2.75, 3.05) is 0 Å². The molecule has 0 saturated carbocycles. The van der Waals surface area contributed by atoms with E-state index in [0.29, 0.717) is 23.4 Å². The summed E-state index contributed by atoms with van der Waals surface area (Å²) in [5, 5.41) is 0.00867. The van der Waals surface area contributed by atoms with Crippen LogP contribution in [0.1, 0.15) is 43.1 Å². The van der Waals surface area contributed by atoms with Gasteiger partial charge in [0, 0.05) is 11.8 Å². The van der Waals surface area contributed by atoms with Gasteiger partial charge < -0.3 is 9.30 Å². The fourth-order valence-electron chi connectivity index (χ4n) is 4.34. The third kappa shape index (κ3) is 4.43. The van der Waals surface area contributed by atoms with Crippen LogP contribution in [0.2, 0.25) is 5.02 Å². The summed E-state index contributed by atoms with van der Waals surface area (Å²) in [6.45, 7) is 2.50. The van der Waals surface area contributed by atoms with Crippen molar-refractivity contribution in [2.45, 2.75) is 26.6 Å². The molecule has 0 spiro atoms. The van der Waals surface area contributed by atoms with Gasteiger partial charge in [0.15, 0.2) is 0 Å². The minimum absolute atomic E-state index is 0.00867. The Morgan fingerprint density at radius 3 is 2.00 bits per heavy atom. The Hall–Kier alpha value is -4.16. The zero-order chi connectivity index (χ0) is 25.2. The van der Waals surface area contributed by atoms with Gasteiger partial charge in [-0.3, -0.25) is 19.3 Å². The summed E-state index contributed by atoms with van der Waals surface area (Å²) < 4.78 is 7.59. The minimum Gasteiger partial charge on any atom is -0.487 e. The van der Waals surface area contributed by atoms with E-state index >= 15 is 0 Å². The SMILES string of the molecule is Cc1cc(OCc2ccccc2CN2C(=O)c3ccccc3C2=O)c(Cl)c(=O)n1Cc1ccccc1. The Balaban J connectivity index is 1.35. The number of carbonyl (C=O) groups is 2. The van der Waals surface area contributed by atoms with Gasteiger partial charge in [0.2, 0.25) is 0 Å². The van der Waals surface area contributed by atoms with Gasteiger partial charge in [0.25, 0.3) is 17.4 Å². The van der Waals surface area contributed by atoms with Crippen LogP contribution in [0.3, 0.4) is 0 Å². The molecule has 180 valence electrons. The molecule has 7 heteroatoms. The standard InChI is InChI=1S/C29H23ClN2O4/c1-19-15-25(26(30)29(35)31(19)16-20-9-3-2-4-10-20)36-18-22-12-6-5-11-21(22)17-32-27(33)23-13-7-8-14-24(23)28(32)34/h2-15H,16-18H2,1H3. The van der Waals surface area contributed by atoms with Crippen LogP contribution in [-0.2, 0) is 19.7 Å². The van der Waals surface area contributed by atoms with Gasteiger partial charge >= 0.3 is 0 Å². The highest BCUT2D eigenvalue weighted by molar-refractivity contribution is 6.31. The maximum atomic E-state index is 13.0. The molecule has 36 heavy (non-hydrogen) atoms. The van der Waals surface area contributed by atoms with Gasteiger partial charge in [-0.1, -0.05) is 78.3 Å². The molecule has 0 fully saturated rings. The zero-order valence-corrected chi connectivity index (χ0v) is 20.4. The highest BCUT2D eigenvalue weighted by atomic mass is 35.5. The van der Waals surface area contributed by atoms with E-state index in [-0.39, 0.29) is 35.5 Å². The highest BCUT2D eigenvalue weighted by Crippen LogP contribution is 2.27. The van der Waals surface area contributed by atoms with E-state index in [9.17, 15) is 14.4 Å². The smallest absolute Gasteiger partial charge is 0.273 e. The molecular formula is C29H23ClN2O4. The van der Waals surface area contributed by atoms with Crippen LogP contribution in [0.25, 0.3) is 0 Å². The summed E-state index contributed by atoms with van der Waals surface area (Å²) in [5.41, 5.74) is 3.78. The van der Waals surface area contributed by atoms with Gasteiger partial charge in [-0.05, 0) is 35.7 Å². The second kappa shape index (κ2) is 9.84. The molecule has 1 aromatic heterocycles. The molecule has 1 aliphatic rings. The van der Waals surface area contributed by atoms with E-state index in [4.69, 9.17) is 16.3 Å². The summed E-state index contributed by atoms with van der Waals surface area (Å²) in [6.07, 6.45) is 0. The Bertz CT molecular complexity index is 1490. The second-order valence-corrected chi connectivity index (χ2v) is 9.02. The lowest BCUT2D eigenvalue weighted by atomic mass is 10.1. The fraction of sp³-hybridized carbons (Fsp3) is 0.138. The van der Waals surface area contributed by atoms with Crippen LogP contribution in [0.15, 0.2) is 89.7 Å². The number of nitrogens with zero attached hydrogens (tertiary/aromatic N) is 2. The number of rotatable bonds is 7. The molecule has 5 rings (SSSR count). The first-order chi connectivity index (χ1) is 17.4. The second-order valence-electron chi connectivity index (χ2n) is 8.64. The van der Waals surface area contributed by atoms with Crippen molar-refractivity contribution < 1.29 is 14.3 Å². The Morgan fingerprint density at radius 1 is 0.750 bits per heavy atom. The lowest BCUT2D eigenvalue weighted by Crippen LogP contribution is -2.29. The van der Waals surface area contributed by atoms with Crippen LogP contribution in [0.4, 0.5) is 0 Å². The maximum absolute atomic E-state index is 13.0. The van der Waals surface area contributed by atoms with Crippen molar-refractivity contribution in [2.24, 2.45) is 0 Å². The fourth-order valence-corrected chi connectivity index (χ4v) is 4.55.